The van der Waals surface area contributed by atoms with Crippen LogP contribution in [0, 0.1) is 17.0 Å². The first kappa shape index (κ1) is 20.5. The average molecular weight is 410 g/mol. The molecular weight excluding hydrogens is 392 g/mol. The SMILES string of the molecule is COC(=O)c1ccc(Oc2ncnc(Nc3cc(C)ccc3OC)c2[N+](=O)[O-])cc1. The van der Waals surface area contributed by atoms with Crippen molar-refractivity contribution in [3.8, 4) is 17.4 Å². The van der Waals surface area contributed by atoms with Gasteiger partial charge in [0.2, 0.25) is 5.82 Å². The summed E-state index contributed by atoms with van der Waals surface area (Å²) in [4.78, 5) is 30.5. The van der Waals surface area contributed by atoms with Crippen LogP contribution in [0.4, 0.5) is 17.2 Å². The van der Waals surface area contributed by atoms with Crippen LogP contribution in [-0.2, 0) is 4.74 Å². The van der Waals surface area contributed by atoms with E-state index in [1.807, 2.05) is 13.0 Å². The van der Waals surface area contributed by atoms with Crippen LogP contribution in [0.5, 0.6) is 17.4 Å². The minimum absolute atomic E-state index is 0.0555. The number of carbonyl (C=O) groups is 1. The van der Waals surface area contributed by atoms with Gasteiger partial charge in [-0.25, -0.2) is 9.78 Å². The highest BCUT2D eigenvalue weighted by molar-refractivity contribution is 5.89. The number of hydrogen-bond acceptors (Lipinski definition) is 9. The molecule has 30 heavy (non-hydrogen) atoms. The Morgan fingerprint density at radius 1 is 1.10 bits per heavy atom. The molecule has 1 aromatic heterocycles. The summed E-state index contributed by atoms with van der Waals surface area (Å²) in [6.07, 6.45) is 1.15. The van der Waals surface area contributed by atoms with Gasteiger partial charge in [0.05, 0.1) is 30.4 Å². The van der Waals surface area contributed by atoms with E-state index in [1.54, 1.807) is 12.1 Å². The molecule has 0 spiro atoms. The van der Waals surface area contributed by atoms with Gasteiger partial charge in [-0.15, -0.1) is 0 Å². The van der Waals surface area contributed by atoms with Crippen LogP contribution in [-0.4, -0.2) is 35.1 Å². The molecule has 0 saturated carbocycles. The molecule has 1 N–H and O–H groups in total. The number of methoxy groups -OCH3 is 2. The first-order valence-electron chi connectivity index (χ1n) is 8.70. The maximum Gasteiger partial charge on any atom is 0.373 e. The monoisotopic (exact) mass is 410 g/mol. The van der Waals surface area contributed by atoms with Crippen molar-refractivity contribution in [3.63, 3.8) is 0 Å². The van der Waals surface area contributed by atoms with Crippen molar-refractivity contribution in [1.82, 2.24) is 9.97 Å². The number of carbonyl (C=O) groups excluding carboxylic acids is 1. The van der Waals surface area contributed by atoms with E-state index in [0.717, 1.165) is 11.9 Å². The summed E-state index contributed by atoms with van der Waals surface area (Å²) < 4.78 is 15.5. The summed E-state index contributed by atoms with van der Waals surface area (Å²) in [5.74, 6) is -0.0684. The molecule has 0 aliphatic rings. The molecule has 1 heterocycles. The van der Waals surface area contributed by atoms with Crippen molar-refractivity contribution in [2.24, 2.45) is 0 Å². The fraction of sp³-hybridized carbons (Fsp3) is 0.150. The largest absolute Gasteiger partial charge is 0.495 e. The molecule has 0 atom stereocenters. The van der Waals surface area contributed by atoms with Gasteiger partial charge in [0.25, 0.3) is 0 Å². The Kier molecular flexibility index (Phi) is 6.06. The smallest absolute Gasteiger partial charge is 0.373 e. The topological polar surface area (TPSA) is 126 Å². The molecular formula is C20H18N4O6. The van der Waals surface area contributed by atoms with Gasteiger partial charge in [0.15, 0.2) is 0 Å². The quantitative estimate of drug-likeness (QED) is 0.349. The van der Waals surface area contributed by atoms with Crippen molar-refractivity contribution >= 4 is 23.2 Å². The second-order valence-corrected chi connectivity index (χ2v) is 6.08. The normalized spacial score (nSPS) is 10.2. The highest BCUT2D eigenvalue weighted by Crippen LogP contribution is 2.37. The van der Waals surface area contributed by atoms with E-state index in [1.165, 1.54) is 38.5 Å². The van der Waals surface area contributed by atoms with Gasteiger partial charge in [0, 0.05) is 0 Å². The molecule has 2 aromatic carbocycles. The van der Waals surface area contributed by atoms with Gasteiger partial charge in [-0.05, 0) is 48.9 Å². The molecule has 0 unspecified atom stereocenters. The summed E-state index contributed by atoms with van der Waals surface area (Å²) in [6, 6.07) is 11.3. The molecule has 0 bridgehead atoms. The number of benzene rings is 2. The van der Waals surface area contributed by atoms with Crippen molar-refractivity contribution in [1.29, 1.82) is 0 Å². The molecule has 0 aliphatic carbocycles. The van der Waals surface area contributed by atoms with Crippen LogP contribution < -0.4 is 14.8 Å². The third-order valence-corrected chi connectivity index (χ3v) is 4.07. The van der Waals surface area contributed by atoms with Crippen molar-refractivity contribution in [2.75, 3.05) is 19.5 Å². The summed E-state index contributed by atoms with van der Waals surface area (Å²) in [5, 5.41) is 14.7. The number of nitrogens with zero attached hydrogens (tertiary/aromatic N) is 3. The van der Waals surface area contributed by atoms with Crippen LogP contribution in [0.2, 0.25) is 0 Å². The summed E-state index contributed by atoms with van der Waals surface area (Å²) in [6.45, 7) is 1.88. The lowest BCUT2D eigenvalue weighted by molar-refractivity contribution is -0.385. The fourth-order valence-corrected chi connectivity index (χ4v) is 2.63. The Morgan fingerprint density at radius 2 is 1.83 bits per heavy atom. The van der Waals surface area contributed by atoms with E-state index in [-0.39, 0.29) is 17.4 Å². The lowest BCUT2D eigenvalue weighted by Crippen LogP contribution is -2.05. The molecule has 10 nitrogen and oxygen atoms in total. The molecule has 0 aliphatic heterocycles. The Morgan fingerprint density at radius 3 is 2.47 bits per heavy atom. The number of rotatable bonds is 7. The van der Waals surface area contributed by atoms with E-state index in [2.05, 4.69) is 20.0 Å². The van der Waals surface area contributed by atoms with E-state index < -0.39 is 16.6 Å². The second kappa shape index (κ2) is 8.86. The van der Waals surface area contributed by atoms with Crippen molar-refractivity contribution in [3.05, 3.63) is 70.0 Å². The summed E-state index contributed by atoms with van der Waals surface area (Å²) >= 11 is 0. The van der Waals surface area contributed by atoms with Crippen LogP contribution >= 0.6 is 0 Å². The number of nitro groups is 1. The predicted molar refractivity (Wildman–Crippen MR) is 108 cm³/mol. The third-order valence-electron chi connectivity index (χ3n) is 4.07. The van der Waals surface area contributed by atoms with Gasteiger partial charge in [-0.2, -0.15) is 4.98 Å². The summed E-state index contributed by atoms with van der Waals surface area (Å²) in [5.41, 5.74) is 1.30. The first-order chi connectivity index (χ1) is 14.4. The van der Waals surface area contributed by atoms with Gasteiger partial charge in [0.1, 0.15) is 17.8 Å². The molecule has 0 saturated heterocycles. The number of anilines is 2. The highest BCUT2D eigenvalue weighted by atomic mass is 16.6. The second-order valence-electron chi connectivity index (χ2n) is 6.08. The minimum atomic E-state index is -0.636. The van der Waals surface area contributed by atoms with Crippen LogP contribution in [0.25, 0.3) is 0 Å². The van der Waals surface area contributed by atoms with E-state index in [9.17, 15) is 14.9 Å². The van der Waals surface area contributed by atoms with Crippen LogP contribution in [0.1, 0.15) is 15.9 Å². The van der Waals surface area contributed by atoms with Gasteiger partial charge >= 0.3 is 17.5 Å². The van der Waals surface area contributed by atoms with Gasteiger partial charge in [-0.1, -0.05) is 6.07 Å². The number of hydrogen-bond donors (Lipinski definition) is 1. The Hall–Kier alpha value is -4.21. The van der Waals surface area contributed by atoms with Crippen molar-refractivity contribution in [2.45, 2.75) is 6.92 Å². The molecule has 0 amide bonds. The number of ether oxygens (including phenoxy) is 3. The van der Waals surface area contributed by atoms with Crippen molar-refractivity contribution < 1.29 is 23.9 Å². The molecule has 154 valence electrons. The standard InChI is InChI=1S/C20H18N4O6/c1-12-4-9-16(28-2)15(10-12)23-18-17(24(26)27)19(22-11-21-18)30-14-7-5-13(6-8-14)20(25)29-3/h4-11H,1-3H3,(H,21,22,23). The maximum absolute atomic E-state index is 11.7. The number of esters is 1. The Balaban J connectivity index is 1.95. The number of aromatic nitrogens is 2. The molecule has 3 aromatic rings. The number of nitrogens with one attached hydrogen (secondary N) is 1. The molecule has 0 fully saturated rings. The fourth-order valence-electron chi connectivity index (χ4n) is 2.63. The Labute approximate surface area is 171 Å². The summed E-state index contributed by atoms with van der Waals surface area (Å²) in [7, 11) is 2.77. The average Bonchev–Trinajstić information content (AvgIpc) is 2.74. The lowest BCUT2D eigenvalue weighted by Gasteiger charge is -2.12. The first-order valence-corrected chi connectivity index (χ1v) is 8.70. The van der Waals surface area contributed by atoms with E-state index in [0.29, 0.717) is 17.0 Å². The van der Waals surface area contributed by atoms with Crippen LogP contribution in [0.3, 0.4) is 0 Å². The van der Waals surface area contributed by atoms with Crippen LogP contribution in [0.15, 0.2) is 48.8 Å². The zero-order chi connectivity index (χ0) is 21.7. The Bertz CT molecular complexity index is 1090. The minimum Gasteiger partial charge on any atom is -0.495 e. The molecule has 0 radical (unpaired) electrons. The predicted octanol–water partition coefficient (Wildman–Crippen LogP) is 4.02. The number of aryl methyl sites for hydroxylation is 1. The molecule has 3 rings (SSSR count). The highest BCUT2D eigenvalue weighted by Gasteiger charge is 2.26. The lowest BCUT2D eigenvalue weighted by atomic mass is 10.2. The van der Waals surface area contributed by atoms with E-state index in [4.69, 9.17) is 9.47 Å². The zero-order valence-corrected chi connectivity index (χ0v) is 16.4. The molecule has 10 heteroatoms. The van der Waals surface area contributed by atoms with E-state index >= 15 is 0 Å². The maximum atomic E-state index is 11.7. The van der Waals surface area contributed by atoms with Gasteiger partial charge < -0.3 is 19.5 Å². The zero-order valence-electron chi connectivity index (χ0n) is 16.4. The third kappa shape index (κ3) is 4.43. The van der Waals surface area contributed by atoms with Gasteiger partial charge in [-0.3, -0.25) is 10.1 Å².